The molecule has 0 aliphatic rings. The van der Waals surface area contributed by atoms with E-state index in [1.54, 1.807) is 19.2 Å². The number of halogens is 3. The predicted molar refractivity (Wildman–Crippen MR) is 95.5 cm³/mol. The maximum Gasteiger partial charge on any atom is 0.393 e. The number of hydrogen-bond acceptors (Lipinski definition) is 3. The summed E-state index contributed by atoms with van der Waals surface area (Å²) in [5, 5.41) is 12.6. The number of likely N-dealkylation sites (N-methyl/N-ethyl adjacent to an activating group) is 1. The maximum absolute atomic E-state index is 12.5. The van der Waals surface area contributed by atoms with Crippen LogP contribution in [0.1, 0.15) is 16.7 Å². The van der Waals surface area contributed by atoms with E-state index in [2.05, 4.69) is 5.32 Å². The number of para-hydroxylation sites is 1. The molecule has 0 fully saturated rings. The van der Waals surface area contributed by atoms with Gasteiger partial charge < -0.3 is 15.2 Å². The van der Waals surface area contributed by atoms with Crippen molar-refractivity contribution in [3.63, 3.8) is 0 Å². The minimum absolute atomic E-state index is 0.179. The van der Waals surface area contributed by atoms with E-state index in [-0.39, 0.29) is 12.2 Å². The quantitative estimate of drug-likeness (QED) is 0.712. The lowest BCUT2D eigenvalue weighted by Gasteiger charge is -2.15. The molecule has 2 rings (SSSR count). The van der Waals surface area contributed by atoms with Crippen LogP contribution in [0.15, 0.2) is 48.5 Å². The third-order valence-electron chi connectivity index (χ3n) is 3.92. The monoisotopic (exact) mass is 367 g/mol. The summed E-state index contributed by atoms with van der Waals surface area (Å²) in [4.78, 5) is 0. The van der Waals surface area contributed by atoms with Gasteiger partial charge in [0, 0.05) is 6.54 Å². The molecule has 3 nitrogen and oxygen atoms in total. The molecule has 0 radical (unpaired) electrons. The van der Waals surface area contributed by atoms with Gasteiger partial charge in [-0.3, -0.25) is 0 Å². The summed E-state index contributed by atoms with van der Waals surface area (Å²) in [7, 11) is 1.75. The van der Waals surface area contributed by atoms with Crippen LogP contribution in [0.5, 0.6) is 5.75 Å². The fourth-order valence-electron chi connectivity index (χ4n) is 2.74. The molecule has 2 aromatic carbocycles. The van der Waals surface area contributed by atoms with Crippen LogP contribution in [0.25, 0.3) is 0 Å². The molecule has 1 atom stereocenters. The lowest BCUT2D eigenvalue weighted by molar-refractivity contribution is -0.127. The van der Waals surface area contributed by atoms with Crippen LogP contribution in [0, 0.1) is 0 Å². The molecule has 0 saturated heterocycles. The van der Waals surface area contributed by atoms with Crippen LogP contribution in [0.2, 0.25) is 0 Å². The number of ether oxygens (including phenoxy) is 1. The third-order valence-corrected chi connectivity index (χ3v) is 3.92. The van der Waals surface area contributed by atoms with E-state index < -0.39 is 18.7 Å². The number of aliphatic hydroxyl groups excluding tert-OH is 1. The zero-order chi connectivity index (χ0) is 19.0. The van der Waals surface area contributed by atoms with Gasteiger partial charge in [0.2, 0.25) is 0 Å². The van der Waals surface area contributed by atoms with Crippen molar-refractivity contribution >= 4 is 0 Å². The highest BCUT2D eigenvalue weighted by atomic mass is 19.4. The van der Waals surface area contributed by atoms with Gasteiger partial charge in [-0.05, 0) is 42.6 Å². The van der Waals surface area contributed by atoms with Crippen LogP contribution in [-0.2, 0) is 19.3 Å². The summed E-state index contributed by atoms with van der Waals surface area (Å²) < 4.78 is 43.3. The molecule has 2 N–H and O–H groups in total. The van der Waals surface area contributed by atoms with Gasteiger partial charge in [-0.2, -0.15) is 13.2 Å². The molecular weight excluding hydrogens is 343 g/mol. The molecule has 1 unspecified atom stereocenters. The van der Waals surface area contributed by atoms with Crippen molar-refractivity contribution in [1.82, 2.24) is 5.32 Å². The van der Waals surface area contributed by atoms with Crippen LogP contribution in [0.3, 0.4) is 0 Å². The van der Waals surface area contributed by atoms with Gasteiger partial charge >= 0.3 is 6.18 Å². The minimum atomic E-state index is -4.20. The number of hydrogen-bond donors (Lipinski definition) is 2. The lowest BCUT2D eigenvalue weighted by Crippen LogP contribution is -2.29. The van der Waals surface area contributed by atoms with E-state index in [0.29, 0.717) is 25.1 Å². The fourth-order valence-corrected chi connectivity index (χ4v) is 2.74. The number of nitrogens with one attached hydrogen (secondary N) is 1. The highest BCUT2D eigenvalue weighted by Crippen LogP contribution is 2.23. The largest absolute Gasteiger partial charge is 0.491 e. The molecular formula is C20H24F3NO2. The van der Waals surface area contributed by atoms with Crippen LogP contribution < -0.4 is 10.1 Å². The van der Waals surface area contributed by atoms with E-state index in [9.17, 15) is 18.3 Å². The summed E-state index contributed by atoms with van der Waals surface area (Å²) in [6.07, 6.45) is -4.46. The molecule has 26 heavy (non-hydrogen) atoms. The number of aliphatic hydroxyl groups is 1. The molecule has 0 amide bonds. The molecule has 0 bridgehead atoms. The van der Waals surface area contributed by atoms with Gasteiger partial charge in [0.05, 0.1) is 6.42 Å². The van der Waals surface area contributed by atoms with E-state index in [1.807, 2.05) is 30.3 Å². The number of alkyl halides is 3. The standard InChI is InChI=1S/C20H24F3NO2/c1-24-13-18(25)14-26-19-8-3-2-7-17(19)10-9-15-5-4-6-16(11-15)12-20(21,22)23/h2-8,11,18,24-25H,9-10,12-14H2,1H3. The molecule has 0 aliphatic heterocycles. The average Bonchev–Trinajstić information content (AvgIpc) is 2.58. The Balaban J connectivity index is 1.98. The molecule has 0 spiro atoms. The van der Waals surface area contributed by atoms with Crippen molar-refractivity contribution in [1.29, 1.82) is 0 Å². The zero-order valence-corrected chi connectivity index (χ0v) is 14.7. The first-order valence-corrected chi connectivity index (χ1v) is 8.55. The van der Waals surface area contributed by atoms with Gasteiger partial charge in [-0.1, -0.05) is 42.5 Å². The van der Waals surface area contributed by atoms with Crippen LogP contribution in [0.4, 0.5) is 13.2 Å². The van der Waals surface area contributed by atoms with Crippen molar-refractivity contribution in [3.8, 4) is 5.75 Å². The van der Waals surface area contributed by atoms with E-state index >= 15 is 0 Å². The van der Waals surface area contributed by atoms with Gasteiger partial charge in [0.1, 0.15) is 18.5 Å². The second-order valence-corrected chi connectivity index (χ2v) is 6.24. The number of rotatable bonds is 9. The predicted octanol–water partition coefficient (Wildman–Crippen LogP) is 3.54. The number of benzene rings is 2. The second-order valence-electron chi connectivity index (χ2n) is 6.24. The highest BCUT2D eigenvalue weighted by Gasteiger charge is 2.27. The van der Waals surface area contributed by atoms with Gasteiger partial charge in [-0.15, -0.1) is 0 Å². The maximum atomic E-state index is 12.5. The normalized spacial score (nSPS) is 12.8. The smallest absolute Gasteiger partial charge is 0.393 e. The van der Waals surface area contributed by atoms with Crippen LogP contribution >= 0.6 is 0 Å². The molecule has 2 aromatic rings. The van der Waals surface area contributed by atoms with Crippen molar-refractivity contribution in [2.45, 2.75) is 31.5 Å². The van der Waals surface area contributed by atoms with Crippen molar-refractivity contribution in [2.24, 2.45) is 0 Å². The Hall–Kier alpha value is -2.05. The average molecular weight is 367 g/mol. The number of aryl methyl sites for hydroxylation is 2. The lowest BCUT2D eigenvalue weighted by atomic mass is 10.0. The Bertz CT molecular complexity index is 689. The summed E-state index contributed by atoms with van der Waals surface area (Å²) in [5.74, 6) is 0.689. The van der Waals surface area contributed by atoms with Gasteiger partial charge in [-0.25, -0.2) is 0 Å². The molecule has 0 aliphatic carbocycles. The Kier molecular flexibility index (Phi) is 7.48. The summed E-state index contributed by atoms with van der Waals surface area (Å²) >= 11 is 0. The van der Waals surface area contributed by atoms with E-state index in [4.69, 9.17) is 4.74 Å². The Morgan fingerprint density at radius 2 is 1.77 bits per heavy atom. The third kappa shape index (κ3) is 7.06. The zero-order valence-electron chi connectivity index (χ0n) is 14.7. The van der Waals surface area contributed by atoms with Gasteiger partial charge in [0.25, 0.3) is 0 Å². The first kappa shape index (κ1) is 20.3. The van der Waals surface area contributed by atoms with Crippen molar-refractivity contribution in [2.75, 3.05) is 20.2 Å². The van der Waals surface area contributed by atoms with Crippen molar-refractivity contribution < 1.29 is 23.0 Å². The molecule has 142 valence electrons. The van der Waals surface area contributed by atoms with E-state index in [0.717, 1.165) is 11.1 Å². The topological polar surface area (TPSA) is 41.5 Å². The second kappa shape index (κ2) is 9.59. The highest BCUT2D eigenvalue weighted by molar-refractivity contribution is 5.34. The van der Waals surface area contributed by atoms with Crippen molar-refractivity contribution in [3.05, 3.63) is 65.2 Å². The SMILES string of the molecule is CNCC(O)COc1ccccc1CCc1cccc(CC(F)(F)F)c1. The molecule has 0 heterocycles. The molecule has 0 aromatic heterocycles. The first-order valence-electron chi connectivity index (χ1n) is 8.55. The van der Waals surface area contributed by atoms with E-state index in [1.165, 1.54) is 6.07 Å². The Morgan fingerprint density at radius 3 is 2.50 bits per heavy atom. The first-order chi connectivity index (χ1) is 12.4. The summed E-state index contributed by atoms with van der Waals surface area (Å²) in [6.45, 7) is 0.618. The summed E-state index contributed by atoms with van der Waals surface area (Å²) in [5.41, 5.74) is 2.09. The Morgan fingerprint density at radius 1 is 1.04 bits per heavy atom. The molecule has 0 saturated carbocycles. The van der Waals surface area contributed by atoms with Crippen LogP contribution in [-0.4, -0.2) is 37.6 Å². The molecule has 6 heteroatoms. The van der Waals surface area contributed by atoms with Gasteiger partial charge in [0.15, 0.2) is 0 Å². The minimum Gasteiger partial charge on any atom is -0.491 e. The fraction of sp³-hybridized carbons (Fsp3) is 0.400. The Labute approximate surface area is 151 Å². The summed E-state index contributed by atoms with van der Waals surface area (Å²) in [6, 6.07) is 14.1.